The Labute approximate surface area is 84.3 Å². The van der Waals surface area contributed by atoms with Crippen LogP contribution in [0.3, 0.4) is 0 Å². The fraction of sp³-hybridized carbons (Fsp3) is 0.700. The van der Waals surface area contributed by atoms with E-state index in [0.717, 1.165) is 19.4 Å². The highest BCUT2D eigenvalue weighted by molar-refractivity contribution is 5.20. The highest BCUT2D eigenvalue weighted by Crippen LogP contribution is 2.11. The van der Waals surface area contributed by atoms with Gasteiger partial charge in [0.1, 0.15) is 12.0 Å². The predicted molar refractivity (Wildman–Crippen MR) is 55.0 cm³/mol. The Balaban J connectivity index is 2.37. The minimum atomic E-state index is -0.0732. The van der Waals surface area contributed by atoms with Gasteiger partial charge in [-0.1, -0.05) is 26.7 Å². The summed E-state index contributed by atoms with van der Waals surface area (Å²) in [4.78, 5) is 4.04. The van der Waals surface area contributed by atoms with Crippen molar-refractivity contribution < 1.29 is 9.52 Å². The standard InChI is InChI=1S/C10H18N2O2/c1-3-8(4-2)5-11-10-12-9(6-13)7-14-10/h7-8,13H,3-6H2,1-2H3,(H,11,12). The van der Waals surface area contributed by atoms with Crippen LogP contribution in [0.15, 0.2) is 10.7 Å². The van der Waals surface area contributed by atoms with Gasteiger partial charge >= 0.3 is 0 Å². The molecule has 0 saturated heterocycles. The second kappa shape index (κ2) is 5.65. The lowest BCUT2D eigenvalue weighted by atomic mass is 10.0. The van der Waals surface area contributed by atoms with Crippen molar-refractivity contribution in [3.63, 3.8) is 0 Å². The van der Waals surface area contributed by atoms with Crippen LogP contribution in [0.2, 0.25) is 0 Å². The third-order valence-corrected chi connectivity index (χ3v) is 2.41. The Kier molecular flexibility index (Phi) is 4.46. The summed E-state index contributed by atoms with van der Waals surface area (Å²) >= 11 is 0. The maximum atomic E-state index is 8.77. The van der Waals surface area contributed by atoms with Crippen molar-refractivity contribution in [2.75, 3.05) is 11.9 Å². The number of nitrogens with one attached hydrogen (secondary N) is 1. The molecule has 0 amide bonds. The fourth-order valence-corrected chi connectivity index (χ4v) is 1.27. The lowest BCUT2D eigenvalue weighted by Gasteiger charge is -2.11. The van der Waals surface area contributed by atoms with Gasteiger partial charge in [0, 0.05) is 6.54 Å². The van der Waals surface area contributed by atoms with E-state index in [2.05, 4.69) is 24.1 Å². The van der Waals surface area contributed by atoms with E-state index in [1.165, 1.54) is 6.26 Å². The van der Waals surface area contributed by atoms with Gasteiger partial charge in [0.05, 0.1) is 6.61 Å². The van der Waals surface area contributed by atoms with Crippen LogP contribution in [-0.4, -0.2) is 16.6 Å². The molecule has 4 nitrogen and oxygen atoms in total. The van der Waals surface area contributed by atoms with E-state index in [0.29, 0.717) is 17.6 Å². The summed E-state index contributed by atoms with van der Waals surface area (Å²) in [5.74, 6) is 0.652. The van der Waals surface area contributed by atoms with E-state index in [-0.39, 0.29) is 6.61 Å². The molecule has 0 unspecified atom stereocenters. The molecule has 1 heterocycles. The van der Waals surface area contributed by atoms with Crippen LogP contribution in [0.5, 0.6) is 0 Å². The average Bonchev–Trinajstić information content (AvgIpc) is 2.67. The molecule has 0 atom stereocenters. The molecule has 0 radical (unpaired) electrons. The maximum Gasteiger partial charge on any atom is 0.294 e. The number of anilines is 1. The summed E-state index contributed by atoms with van der Waals surface area (Å²) in [5.41, 5.74) is 0.567. The molecule has 0 saturated carbocycles. The number of aliphatic hydroxyl groups is 1. The van der Waals surface area contributed by atoms with Crippen LogP contribution in [0.1, 0.15) is 32.4 Å². The third-order valence-electron chi connectivity index (χ3n) is 2.41. The van der Waals surface area contributed by atoms with E-state index in [1.54, 1.807) is 0 Å². The fourth-order valence-electron chi connectivity index (χ4n) is 1.27. The highest BCUT2D eigenvalue weighted by Gasteiger charge is 2.06. The highest BCUT2D eigenvalue weighted by atomic mass is 16.4. The second-order valence-electron chi connectivity index (χ2n) is 3.37. The maximum absolute atomic E-state index is 8.77. The Bertz CT molecular complexity index is 256. The van der Waals surface area contributed by atoms with E-state index >= 15 is 0 Å². The van der Waals surface area contributed by atoms with Crippen molar-refractivity contribution >= 4 is 6.01 Å². The lowest BCUT2D eigenvalue weighted by molar-refractivity contribution is 0.276. The van der Waals surface area contributed by atoms with Crippen molar-refractivity contribution in [2.45, 2.75) is 33.3 Å². The molecule has 14 heavy (non-hydrogen) atoms. The molecule has 0 bridgehead atoms. The quantitative estimate of drug-likeness (QED) is 0.734. The molecule has 2 N–H and O–H groups in total. The molecule has 4 heteroatoms. The van der Waals surface area contributed by atoms with Crippen molar-refractivity contribution in [2.24, 2.45) is 5.92 Å². The number of aromatic nitrogens is 1. The van der Waals surface area contributed by atoms with E-state index < -0.39 is 0 Å². The summed E-state index contributed by atoms with van der Waals surface area (Å²) in [6.07, 6.45) is 3.77. The summed E-state index contributed by atoms with van der Waals surface area (Å²) in [5, 5.41) is 11.9. The molecule has 0 spiro atoms. The van der Waals surface area contributed by atoms with Gasteiger partial charge in [-0.2, -0.15) is 4.98 Å². The smallest absolute Gasteiger partial charge is 0.294 e. The molecule has 1 rings (SSSR count). The number of hydrogen-bond acceptors (Lipinski definition) is 4. The Morgan fingerprint density at radius 2 is 2.21 bits per heavy atom. The molecular formula is C10H18N2O2. The summed E-state index contributed by atoms with van der Waals surface area (Å²) in [6.45, 7) is 5.14. The molecule has 0 aliphatic heterocycles. The van der Waals surface area contributed by atoms with Crippen molar-refractivity contribution in [3.05, 3.63) is 12.0 Å². The van der Waals surface area contributed by atoms with Crippen molar-refractivity contribution in [3.8, 4) is 0 Å². The van der Waals surface area contributed by atoms with Gasteiger partial charge < -0.3 is 14.8 Å². The number of aliphatic hydroxyl groups excluding tert-OH is 1. The summed E-state index contributed by atoms with van der Waals surface area (Å²) in [6, 6.07) is 0.501. The summed E-state index contributed by atoms with van der Waals surface area (Å²) in [7, 11) is 0. The molecule has 80 valence electrons. The van der Waals surface area contributed by atoms with Gasteiger partial charge in [0.25, 0.3) is 6.01 Å². The SMILES string of the molecule is CCC(CC)CNc1nc(CO)co1. The minimum Gasteiger partial charge on any atom is -0.432 e. The topological polar surface area (TPSA) is 58.3 Å². The van der Waals surface area contributed by atoms with Crippen LogP contribution in [0.25, 0.3) is 0 Å². The predicted octanol–water partition coefficient (Wildman–Crippen LogP) is 2.01. The Morgan fingerprint density at radius 1 is 1.50 bits per heavy atom. The Morgan fingerprint density at radius 3 is 2.71 bits per heavy atom. The zero-order valence-electron chi connectivity index (χ0n) is 8.79. The molecule has 1 aromatic rings. The van der Waals surface area contributed by atoms with Gasteiger partial charge in [0.2, 0.25) is 0 Å². The first-order valence-corrected chi connectivity index (χ1v) is 5.09. The van der Waals surface area contributed by atoms with Crippen LogP contribution >= 0.6 is 0 Å². The molecule has 0 aliphatic rings. The normalized spacial score (nSPS) is 10.9. The Hall–Kier alpha value is -1.03. The van der Waals surface area contributed by atoms with Crippen molar-refractivity contribution in [1.29, 1.82) is 0 Å². The first-order chi connectivity index (χ1) is 6.80. The zero-order valence-corrected chi connectivity index (χ0v) is 8.79. The molecule has 0 fully saturated rings. The van der Waals surface area contributed by atoms with Gasteiger partial charge in [-0.15, -0.1) is 0 Å². The molecular weight excluding hydrogens is 180 g/mol. The van der Waals surface area contributed by atoms with Crippen LogP contribution in [-0.2, 0) is 6.61 Å². The van der Waals surface area contributed by atoms with Crippen LogP contribution in [0, 0.1) is 5.92 Å². The number of hydrogen-bond donors (Lipinski definition) is 2. The van der Waals surface area contributed by atoms with Gasteiger partial charge in [0.15, 0.2) is 0 Å². The zero-order chi connectivity index (χ0) is 10.4. The van der Waals surface area contributed by atoms with E-state index in [9.17, 15) is 0 Å². The summed E-state index contributed by atoms with van der Waals surface area (Å²) < 4.78 is 5.11. The number of nitrogens with zero attached hydrogens (tertiary/aromatic N) is 1. The minimum absolute atomic E-state index is 0.0732. The first kappa shape index (κ1) is 11.0. The lowest BCUT2D eigenvalue weighted by Crippen LogP contribution is -2.12. The van der Waals surface area contributed by atoms with Gasteiger partial charge in [-0.3, -0.25) is 0 Å². The monoisotopic (exact) mass is 198 g/mol. The van der Waals surface area contributed by atoms with E-state index in [1.807, 2.05) is 0 Å². The molecule has 1 aromatic heterocycles. The largest absolute Gasteiger partial charge is 0.432 e. The number of rotatable bonds is 6. The van der Waals surface area contributed by atoms with Crippen molar-refractivity contribution in [1.82, 2.24) is 4.98 Å². The second-order valence-corrected chi connectivity index (χ2v) is 3.37. The molecule has 0 aromatic carbocycles. The van der Waals surface area contributed by atoms with Gasteiger partial charge in [-0.05, 0) is 5.92 Å². The average molecular weight is 198 g/mol. The third kappa shape index (κ3) is 3.03. The molecule has 0 aliphatic carbocycles. The van der Waals surface area contributed by atoms with Gasteiger partial charge in [-0.25, -0.2) is 0 Å². The number of oxazole rings is 1. The van der Waals surface area contributed by atoms with Crippen LogP contribution < -0.4 is 5.32 Å². The van der Waals surface area contributed by atoms with Crippen LogP contribution in [0.4, 0.5) is 6.01 Å². The first-order valence-electron chi connectivity index (χ1n) is 5.09. The van der Waals surface area contributed by atoms with E-state index in [4.69, 9.17) is 9.52 Å².